The Balaban J connectivity index is 1.92. The second-order valence-corrected chi connectivity index (χ2v) is 5.03. The molecule has 0 bridgehead atoms. The molecule has 3 N–H and O–H groups in total. The molecule has 1 saturated heterocycles. The van der Waals surface area contributed by atoms with Crippen molar-refractivity contribution in [3.8, 4) is 0 Å². The van der Waals surface area contributed by atoms with E-state index in [-0.39, 0.29) is 12.1 Å². The molecule has 98 valence electrons. The van der Waals surface area contributed by atoms with Crippen LogP contribution in [0.3, 0.4) is 0 Å². The van der Waals surface area contributed by atoms with E-state index in [4.69, 9.17) is 11.6 Å². The van der Waals surface area contributed by atoms with Crippen LogP contribution < -0.4 is 16.0 Å². The summed E-state index contributed by atoms with van der Waals surface area (Å²) >= 11 is 6.03. The summed E-state index contributed by atoms with van der Waals surface area (Å²) in [6.07, 6.45) is 2.11. The van der Waals surface area contributed by atoms with Gasteiger partial charge in [-0.2, -0.15) is 0 Å². The van der Waals surface area contributed by atoms with Gasteiger partial charge >= 0.3 is 6.03 Å². The van der Waals surface area contributed by atoms with Crippen LogP contribution in [0.2, 0.25) is 5.02 Å². The Morgan fingerprint density at radius 3 is 3.06 bits per heavy atom. The first-order chi connectivity index (χ1) is 8.65. The first kappa shape index (κ1) is 13.2. The summed E-state index contributed by atoms with van der Waals surface area (Å²) in [6, 6.07) is 5.56. The van der Waals surface area contributed by atoms with Gasteiger partial charge in [-0.15, -0.1) is 0 Å². The van der Waals surface area contributed by atoms with E-state index in [1.807, 2.05) is 19.1 Å². The number of amides is 2. The van der Waals surface area contributed by atoms with Crippen molar-refractivity contribution >= 4 is 23.3 Å². The molecule has 0 spiro atoms. The van der Waals surface area contributed by atoms with E-state index < -0.39 is 0 Å². The molecule has 2 amide bonds. The average molecular weight is 268 g/mol. The number of benzene rings is 1. The molecule has 2 rings (SSSR count). The summed E-state index contributed by atoms with van der Waals surface area (Å²) in [6.45, 7) is 3.82. The quantitative estimate of drug-likeness (QED) is 0.771. The van der Waals surface area contributed by atoms with Gasteiger partial charge in [0.2, 0.25) is 0 Å². The Labute approximate surface area is 112 Å². The van der Waals surface area contributed by atoms with Gasteiger partial charge in [-0.1, -0.05) is 17.7 Å². The van der Waals surface area contributed by atoms with E-state index in [1.54, 1.807) is 6.07 Å². The normalized spacial score (nSPS) is 19.3. The molecule has 1 aliphatic heterocycles. The lowest BCUT2D eigenvalue weighted by atomic mass is 10.1. The molecule has 0 radical (unpaired) electrons. The number of carbonyl (C=O) groups excluding carboxylic acids is 1. The van der Waals surface area contributed by atoms with Crippen LogP contribution in [0, 0.1) is 6.92 Å². The fourth-order valence-corrected chi connectivity index (χ4v) is 2.22. The first-order valence-electron chi connectivity index (χ1n) is 6.19. The number of hydrogen-bond acceptors (Lipinski definition) is 2. The van der Waals surface area contributed by atoms with Crippen molar-refractivity contribution in [3.05, 3.63) is 28.8 Å². The number of hydrogen-bond donors (Lipinski definition) is 3. The highest BCUT2D eigenvalue weighted by atomic mass is 35.5. The van der Waals surface area contributed by atoms with E-state index in [2.05, 4.69) is 16.0 Å². The van der Waals surface area contributed by atoms with Crippen LogP contribution in [0.25, 0.3) is 0 Å². The highest BCUT2D eigenvalue weighted by molar-refractivity contribution is 6.33. The lowest BCUT2D eigenvalue weighted by Gasteiger charge is -2.24. The van der Waals surface area contributed by atoms with Crippen molar-refractivity contribution in [3.63, 3.8) is 0 Å². The minimum atomic E-state index is -0.198. The number of halogens is 1. The van der Waals surface area contributed by atoms with Crippen molar-refractivity contribution in [1.82, 2.24) is 10.6 Å². The Hall–Kier alpha value is -1.26. The van der Waals surface area contributed by atoms with Crippen molar-refractivity contribution < 1.29 is 4.79 Å². The summed E-state index contributed by atoms with van der Waals surface area (Å²) in [5.74, 6) is 0. The molecule has 1 atom stereocenters. The molecule has 1 aromatic carbocycles. The second-order valence-electron chi connectivity index (χ2n) is 4.63. The molecular weight excluding hydrogens is 250 g/mol. The van der Waals surface area contributed by atoms with Crippen LogP contribution in [0.15, 0.2) is 18.2 Å². The summed E-state index contributed by atoms with van der Waals surface area (Å²) < 4.78 is 0. The third-order valence-corrected chi connectivity index (χ3v) is 3.33. The maximum atomic E-state index is 11.8. The Kier molecular flexibility index (Phi) is 4.44. The topological polar surface area (TPSA) is 53.2 Å². The van der Waals surface area contributed by atoms with Crippen LogP contribution >= 0.6 is 11.6 Å². The molecule has 1 aliphatic rings. The fourth-order valence-electron chi connectivity index (χ4n) is 2.05. The maximum Gasteiger partial charge on any atom is 0.319 e. The number of anilines is 1. The average Bonchev–Trinajstić information content (AvgIpc) is 2.35. The summed E-state index contributed by atoms with van der Waals surface area (Å²) in [5.41, 5.74) is 1.71. The van der Waals surface area contributed by atoms with Gasteiger partial charge in [-0.05, 0) is 44.0 Å². The standard InChI is InChI=1S/C13H18ClN3O/c1-9-4-5-11(14)12(7-9)17-13(18)16-10-3-2-6-15-8-10/h4-5,7,10,15H,2-3,6,8H2,1H3,(H2,16,17,18)/t10-/m0/s1. The van der Waals surface area contributed by atoms with Crippen molar-refractivity contribution in [2.24, 2.45) is 0 Å². The molecule has 1 aromatic rings. The van der Waals surface area contributed by atoms with Crippen molar-refractivity contribution in [2.45, 2.75) is 25.8 Å². The number of nitrogens with one attached hydrogen (secondary N) is 3. The molecule has 0 aliphatic carbocycles. The van der Waals surface area contributed by atoms with Gasteiger partial charge in [0.1, 0.15) is 0 Å². The monoisotopic (exact) mass is 267 g/mol. The first-order valence-corrected chi connectivity index (χ1v) is 6.57. The van der Waals surface area contributed by atoms with Gasteiger partial charge < -0.3 is 16.0 Å². The molecular formula is C13H18ClN3O. The zero-order chi connectivity index (χ0) is 13.0. The number of urea groups is 1. The molecule has 18 heavy (non-hydrogen) atoms. The third kappa shape index (κ3) is 3.62. The zero-order valence-electron chi connectivity index (χ0n) is 10.4. The largest absolute Gasteiger partial charge is 0.334 e. The van der Waals surface area contributed by atoms with E-state index in [1.165, 1.54) is 0 Å². The Morgan fingerprint density at radius 1 is 1.50 bits per heavy atom. The van der Waals surface area contributed by atoms with Gasteiger partial charge in [0, 0.05) is 12.6 Å². The van der Waals surface area contributed by atoms with Crippen LogP contribution in [0.5, 0.6) is 0 Å². The van der Waals surface area contributed by atoms with Crippen LogP contribution in [-0.2, 0) is 0 Å². The lowest BCUT2D eigenvalue weighted by molar-refractivity contribution is 0.245. The van der Waals surface area contributed by atoms with Gasteiger partial charge in [0.05, 0.1) is 10.7 Å². The Bertz CT molecular complexity index is 430. The molecule has 5 heteroatoms. The lowest BCUT2D eigenvalue weighted by Crippen LogP contribution is -2.47. The fraction of sp³-hybridized carbons (Fsp3) is 0.462. The minimum Gasteiger partial charge on any atom is -0.334 e. The van der Waals surface area contributed by atoms with Crippen molar-refractivity contribution in [1.29, 1.82) is 0 Å². The van der Waals surface area contributed by atoms with E-state index >= 15 is 0 Å². The molecule has 4 nitrogen and oxygen atoms in total. The predicted molar refractivity (Wildman–Crippen MR) is 74.2 cm³/mol. The second kappa shape index (κ2) is 6.07. The van der Waals surface area contributed by atoms with Crippen molar-refractivity contribution in [2.75, 3.05) is 18.4 Å². The van der Waals surface area contributed by atoms with Crippen LogP contribution in [0.4, 0.5) is 10.5 Å². The minimum absolute atomic E-state index is 0.197. The molecule has 1 fully saturated rings. The number of piperidine rings is 1. The van der Waals surface area contributed by atoms with Gasteiger partial charge in [-0.25, -0.2) is 4.79 Å². The molecule has 0 saturated carbocycles. The number of carbonyl (C=O) groups is 1. The van der Waals surface area contributed by atoms with E-state index in [0.717, 1.165) is 31.5 Å². The molecule has 1 heterocycles. The van der Waals surface area contributed by atoms with Gasteiger partial charge in [0.15, 0.2) is 0 Å². The Morgan fingerprint density at radius 2 is 2.33 bits per heavy atom. The van der Waals surface area contributed by atoms with Crippen LogP contribution in [0.1, 0.15) is 18.4 Å². The summed E-state index contributed by atoms with van der Waals surface area (Å²) in [5, 5.41) is 9.54. The third-order valence-electron chi connectivity index (χ3n) is 3.00. The number of rotatable bonds is 2. The number of aryl methyl sites for hydroxylation is 1. The zero-order valence-corrected chi connectivity index (χ0v) is 11.2. The highest BCUT2D eigenvalue weighted by Crippen LogP contribution is 2.22. The maximum absolute atomic E-state index is 11.8. The van der Waals surface area contributed by atoms with Gasteiger partial charge in [0.25, 0.3) is 0 Å². The van der Waals surface area contributed by atoms with Gasteiger partial charge in [-0.3, -0.25) is 0 Å². The van der Waals surface area contributed by atoms with Crippen LogP contribution in [-0.4, -0.2) is 25.2 Å². The molecule has 0 unspecified atom stereocenters. The highest BCUT2D eigenvalue weighted by Gasteiger charge is 2.15. The molecule has 0 aromatic heterocycles. The van der Waals surface area contributed by atoms with E-state index in [0.29, 0.717) is 10.7 Å². The van der Waals surface area contributed by atoms with E-state index in [9.17, 15) is 4.79 Å². The summed E-state index contributed by atoms with van der Waals surface area (Å²) in [4.78, 5) is 11.8. The smallest absolute Gasteiger partial charge is 0.319 e. The predicted octanol–water partition coefficient (Wildman–Crippen LogP) is 2.52. The summed E-state index contributed by atoms with van der Waals surface area (Å²) in [7, 11) is 0. The SMILES string of the molecule is Cc1ccc(Cl)c(NC(=O)N[C@H]2CCCNC2)c1.